The summed E-state index contributed by atoms with van der Waals surface area (Å²) < 4.78 is 0. The lowest BCUT2D eigenvalue weighted by molar-refractivity contribution is -0.137. The molecule has 4 rings (SSSR count). The van der Waals surface area contributed by atoms with Crippen LogP contribution in [0.2, 0.25) is 0 Å². The summed E-state index contributed by atoms with van der Waals surface area (Å²) in [6, 6.07) is 6.86. The third-order valence-corrected chi connectivity index (χ3v) is 6.11. The quantitative estimate of drug-likeness (QED) is 0.795. The Hall–Kier alpha value is -2.74. The highest BCUT2D eigenvalue weighted by atomic mass is 16.2. The van der Waals surface area contributed by atoms with E-state index in [1.807, 2.05) is 11.9 Å². The van der Waals surface area contributed by atoms with Gasteiger partial charge in [0.15, 0.2) is 5.82 Å². The number of aromatic amines is 1. The first-order chi connectivity index (χ1) is 14.5. The second-order valence-corrected chi connectivity index (χ2v) is 8.48. The number of likely N-dealkylation sites (tertiary alicyclic amines) is 2. The molecule has 160 valence electrons. The molecule has 0 spiro atoms. The third kappa shape index (κ3) is 4.53. The van der Waals surface area contributed by atoms with E-state index in [-0.39, 0.29) is 29.3 Å². The number of rotatable bonds is 3. The van der Waals surface area contributed by atoms with E-state index in [1.165, 1.54) is 6.42 Å². The molecule has 2 amide bonds. The Kier molecular flexibility index (Phi) is 6.13. The Balaban J connectivity index is 1.42. The van der Waals surface area contributed by atoms with Gasteiger partial charge in [0.1, 0.15) is 0 Å². The number of carbonyl (C=O) groups is 2. The zero-order valence-corrected chi connectivity index (χ0v) is 17.4. The minimum Gasteiger partial charge on any atom is -0.345 e. The monoisotopic (exact) mass is 411 g/mol. The van der Waals surface area contributed by atoms with Crippen molar-refractivity contribution in [2.24, 2.45) is 5.92 Å². The fraction of sp³-hybridized carbons (Fsp3) is 0.545. The predicted molar refractivity (Wildman–Crippen MR) is 114 cm³/mol. The van der Waals surface area contributed by atoms with Gasteiger partial charge in [0.05, 0.1) is 16.8 Å². The van der Waals surface area contributed by atoms with Gasteiger partial charge in [-0.3, -0.25) is 14.4 Å². The van der Waals surface area contributed by atoms with E-state index in [2.05, 4.69) is 20.2 Å². The molecule has 1 aromatic heterocycles. The number of benzene rings is 1. The highest BCUT2D eigenvalue weighted by Crippen LogP contribution is 2.21. The van der Waals surface area contributed by atoms with E-state index >= 15 is 0 Å². The van der Waals surface area contributed by atoms with Crippen LogP contribution < -0.4 is 10.9 Å². The van der Waals surface area contributed by atoms with Gasteiger partial charge in [-0.25, -0.2) is 4.98 Å². The van der Waals surface area contributed by atoms with Crippen LogP contribution in [0.25, 0.3) is 10.9 Å². The van der Waals surface area contributed by atoms with E-state index in [0.717, 1.165) is 38.8 Å². The van der Waals surface area contributed by atoms with Gasteiger partial charge in [-0.05, 0) is 51.3 Å². The molecule has 2 fully saturated rings. The van der Waals surface area contributed by atoms with E-state index in [4.69, 9.17) is 0 Å². The molecule has 2 aliphatic heterocycles. The summed E-state index contributed by atoms with van der Waals surface area (Å²) >= 11 is 0. The number of carbonyl (C=O) groups excluding carboxylic acids is 2. The van der Waals surface area contributed by atoms with Crippen LogP contribution in [0, 0.1) is 5.92 Å². The first-order valence-electron chi connectivity index (χ1n) is 10.8. The smallest absolute Gasteiger partial charge is 0.287 e. The average molecular weight is 412 g/mol. The summed E-state index contributed by atoms with van der Waals surface area (Å²) in [6.07, 6.45) is 4.84. The molecule has 0 aliphatic carbocycles. The first kappa shape index (κ1) is 20.5. The summed E-state index contributed by atoms with van der Waals surface area (Å²) in [5.41, 5.74) is 0.174. The van der Waals surface area contributed by atoms with Gasteiger partial charge in [0, 0.05) is 32.2 Å². The van der Waals surface area contributed by atoms with Crippen LogP contribution in [-0.2, 0) is 4.79 Å². The number of hydrogen-bond donors (Lipinski definition) is 2. The molecular formula is C22H29N5O3. The number of piperidine rings is 1. The molecule has 2 N–H and O–H groups in total. The van der Waals surface area contributed by atoms with Crippen molar-refractivity contribution in [3.05, 3.63) is 40.4 Å². The van der Waals surface area contributed by atoms with E-state index in [0.29, 0.717) is 24.0 Å². The molecule has 1 aromatic carbocycles. The number of fused-ring (bicyclic) bond motifs is 1. The predicted octanol–water partition coefficient (Wildman–Crippen LogP) is 1.38. The number of nitrogens with one attached hydrogen (secondary N) is 2. The normalized spacial score (nSPS) is 23.2. The fourth-order valence-corrected chi connectivity index (χ4v) is 4.55. The van der Waals surface area contributed by atoms with E-state index in [9.17, 15) is 14.4 Å². The molecule has 3 heterocycles. The molecule has 2 atom stereocenters. The number of amides is 2. The number of H-pyrrole nitrogens is 1. The molecule has 0 radical (unpaired) electrons. The van der Waals surface area contributed by atoms with Crippen LogP contribution in [0.15, 0.2) is 29.1 Å². The second kappa shape index (κ2) is 8.95. The lowest BCUT2D eigenvalue weighted by atomic mass is 9.99. The Morgan fingerprint density at radius 1 is 1.10 bits per heavy atom. The van der Waals surface area contributed by atoms with Crippen LogP contribution in [0.4, 0.5) is 0 Å². The molecule has 0 saturated carbocycles. The number of nitrogens with zero attached hydrogens (tertiary/aromatic N) is 3. The molecule has 8 nitrogen and oxygen atoms in total. The standard InChI is InChI=1S/C22H29N5O3/c1-26-13-15(22(30)27-11-5-2-6-12-27)9-10-16(14-26)23-21(29)19-24-18-8-4-3-7-17(18)20(28)25-19/h3-4,7-8,15-16H,2,5-6,9-14H2,1H3,(H,23,29)(H,24,25,28)/t15-,16+/m1/s1. The topological polar surface area (TPSA) is 98.4 Å². The van der Waals surface area contributed by atoms with Crippen molar-refractivity contribution in [3.8, 4) is 0 Å². The SMILES string of the molecule is CN1C[C@@H](NC(=O)c2nc3ccccc3c(=O)[nH]2)CC[C@@H](C(=O)N2CCCCC2)C1. The van der Waals surface area contributed by atoms with Crippen molar-refractivity contribution in [1.82, 2.24) is 25.1 Å². The summed E-state index contributed by atoms with van der Waals surface area (Å²) in [7, 11) is 1.98. The van der Waals surface area contributed by atoms with Gasteiger partial charge in [-0.1, -0.05) is 12.1 Å². The largest absolute Gasteiger partial charge is 0.345 e. The van der Waals surface area contributed by atoms with Gasteiger partial charge in [0.25, 0.3) is 11.5 Å². The Labute approximate surface area is 175 Å². The minimum atomic E-state index is -0.392. The zero-order chi connectivity index (χ0) is 21.1. The van der Waals surface area contributed by atoms with Crippen molar-refractivity contribution >= 4 is 22.7 Å². The van der Waals surface area contributed by atoms with Gasteiger partial charge < -0.3 is 20.1 Å². The molecule has 0 bridgehead atoms. The van der Waals surface area contributed by atoms with Gasteiger partial charge in [0.2, 0.25) is 5.91 Å². The number of likely N-dealkylation sites (N-methyl/N-ethyl adjacent to an activating group) is 1. The first-order valence-corrected chi connectivity index (χ1v) is 10.8. The molecule has 0 unspecified atom stereocenters. The van der Waals surface area contributed by atoms with Crippen molar-refractivity contribution in [1.29, 1.82) is 0 Å². The molecule has 2 aromatic rings. The maximum Gasteiger partial charge on any atom is 0.287 e. The van der Waals surface area contributed by atoms with Crippen LogP contribution in [0.5, 0.6) is 0 Å². The van der Waals surface area contributed by atoms with Gasteiger partial charge in [-0.2, -0.15) is 0 Å². The Bertz CT molecular complexity index is 982. The lowest BCUT2D eigenvalue weighted by Gasteiger charge is -2.31. The van der Waals surface area contributed by atoms with E-state index < -0.39 is 5.91 Å². The Morgan fingerprint density at radius 3 is 2.67 bits per heavy atom. The van der Waals surface area contributed by atoms with Crippen LogP contribution >= 0.6 is 0 Å². The molecular weight excluding hydrogens is 382 g/mol. The Morgan fingerprint density at radius 2 is 1.87 bits per heavy atom. The molecule has 8 heteroatoms. The van der Waals surface area contributed by atoms with Crippen LogP contribution in [0.3, 0.4) is 0 Å². The van der Waals surface area contributed by atoms with E-state index in [1.54, 1.807) is 24.3 Å². The maximum absolute atomic E-state index is 12.9. The maximum atomic E-state index is 12.9. The average Bonchev–Trinajstić information content (AvgIpc) is 2.94. The molecule has 2 aliphatic rings. The number of hydrogen-bond acceptors (Lipinski definition) is 5. The molecule has 2 saturated heterocycles. The van der Waals surface area contributed by atoms with Gasteiger partial charge in [-0.15, -0.1) is 0 Å². The molecule has 30 heavy (non-hydrogen) atoms. The second-order valence-electron chi connectivity index (χ2n) is 8.48. The van der Waals surface area contributed by atoms with Crippen LogP contribution in [0.1, 0.15) is 42.7 Å². The van der Waals surface area contributed by atoms with Crippen molar-refractivity contribution in [3.63, 3.8) is 0 Å². The summed E-state index contributed by atoms with van der Waals surface area (Å²) in [6.45, 7) is 3.08. The number of para-hydroxylation sites is 1. The van der Waals surface area contributed by atoms with Crippen molar-refractivity contribution in [2.45, 2.75) is 38.1 Å². The van der Waals surface area contributed by atoms with Crippen molar-refractivity contribution in [2.75, 3.05) is 33.2 Å². The fourth-order valence-electron chi connectivity index (χ4n) is 4.55. The third-order valence-electron chi connectivity index (χ3n) is 6.11. The summed E-state index contributed by atoms with van der Waals surface area (Å²) in [5, 5.41) is 3.46. The minimum absolute atomic E-state index is 0.0199. The zero-order valence-electron chi connectivity index (χ0n) is 17.4. The highest BCUT2D eigenvalue weighted by Gasteiger charge is 2.31. The van der Waals surface area contributed by atoms with Gasteiger partial charge >= 0.3 is 0 Å². The summed E-state index contributed by atoms with van der Waals surface area (Å²) in [5.74, 6) is -0.161. The van der Waals surface area contributed by atoms with Crippen LogP contribution in [-0.4, -0.2) is 70.9 Å². The number of aromatic nitrogens is 2. The lowest BCUT2D eigenvalue weighted by Crippen LogP contribution is -2.43. The summed E-state index contributed by atoms with van der Waals surface area (Å²) in [4.78, 5) is 48.9. The highest BCUT2D eigenvalue weighted by molar-refractivity contribution is 5.92. The van der Waals surface area contributed by atoms with Crippen molar-refractivity contribution < 1.29 is 9.59 Å².